The van der Waals surface area contributed by atoms with Gasteiger partial charge in [0.05, 0.1) is 16.6 Å². The molecule has 9 heteroatoms. The Hall–Kier alpha value is -3.04. The highest BCUT2D eigenvalue weighted by Gasteiger charge is 2.39. The number of ether oxygens (including phenoxy) is 1. The number of thioether (sulfide) groups is 1. The van der Waals surface area contributed by atoms with E-state index in [1.54, 1.807) is 11.8 Å². The Balaban J connectivity index is 1.77. The summed E-state index contributed by atoms with van der Waals surface area (Å²) >= 11 is 1.55. The normalized spacial score (nSPS) is 12.8. The van der Waals surface area contributed by atoms with Gasteiger partial charge in [-0.25, -0.2) is 9.59 Å². The van der Waals surface area contributed by atoms with Gasteiger partial charge in [-0.3, -0.25) is 0 Å². The average molecular weight is 553 g/mol. The van der Waals surface area contributed by atoms with E-state index in [2.05, 4.69) is 33.9 Å². The highest BCUT2D eigenvalue weighted by molar-refractivity contribution is 7.98. The second-order valence-electron chi connectivity index (χ2n) is 12.0. The number of aryl methyl sites for hydroxylation is 1. The van der Waals surface area contributed by atoms with Gasteiger partial charge in [0.1, 0.15) is 16.9 Å². The first-order valence-electron chi connectivity index (χ1n) is 12.7. The second kappa shape index (κ2) is 9.93. The van der Waals surface area contributed by atoms with Crippen molar-refractivity contribution in [3.05, 3.63) is 64.1 Å². The minimum Gasteiger partial charge on any atom is -0.543 e. The lowest BCUT2D eigenvalue weighted by Crippen LogP contribution is -2.43. The summed E-state index contributed by atoms with van der Waals surface area (Å²) in [6, 6.07) is 13.0. The van der Waals surface area contributed by atoms with Crippen molar-refractivity contribution in [2.75, 3.05) is 0 Å². The van der Waals surface area contributed by atoms with Crippen molar-refractivity contribution in [1.82, 2.24) is 9.78 Å². The van der Waals surface area contributed by atoms with Crippen molar-refractivity contribution < 1.29 is 18.4 Å². The third-order valence-electron chi connectivity index (χ3n) is 6.78. The zero-order valence-corrected chi connectivity index (χ0v) is 25.4. The summed E-state index contributed by atoms with van der Waals surface area (Å²) in [5.74, 6) is 1.20. The summed E-state index contributed by atoms with van der Waals surface area (Å²) in [5, 5.41) is 6.42. The minimum atomic E-state index is -2.17. The lowest BCUT2D eigenvalue weighted by Gasteiger charge is -2.36. The van der Waals surface area contributed by atoms with E-state index >= 15 is 0 Å². The van der Waals surface area contributed by atoms with Crippen LogP contribution >= 0.6 is 11.8 Å². The van der Waals surface area contributed by atoms with E-state index in [1.807, 2.05) is 64.1 Å². The van der Waals surface area contributed by atoms with E-state index in [9.17, 15) is 9.59 Å². The van der Waals surface area contributed by atoms with Crippen LogP contribution in [0.15, 0.2) is 56.6 Å². The van der Waals surface area contributed by atoms with Crippen LogP contribution in [0, 0.1) is 6.92 Å². The van der Waals surface area contributed by atoms with Gasteiger partial charge in [0.15, 0.2) is 0 Å². The number of fused-ring (bicyclic) bond motifs is 2. The van der Waals surface area contributed by atoms with Crippen LogP contribution in [-0.2, 0) is 10.5 Å². The molecule has 4 rings (SSSR count). The van der Waals surface area contributed by atoms with E-state index in [4.69, 9.17) is 18.7 Å². The molecule has 2 aromatic carbocycles. The molecule has 202 valence electrons. The highest BCUT2D eigenvalue weighted by Crippen LogP contribution is 2.41. The van der Waals surface area contributed by atoms with Gasteiger partial charge in [0.25, 0.3) is 8.32 Å². The van der Waals surface area contributed by atoms with Gasteiger partial charge in [-0.05, 0) is 81.7 Å². The standard InChI is InChI=1S/C29H36N2O5SSi/c1-18-15-25(32)34-24-16-19(13-14-20(18)24)37-17-21-26-22(31(30-21)27(33)35-28(2,3)4)11-10-12-23(26)36-38(8,9)29(5,6)7/h10-16H,17H2,1-9H3. The molecule has 2 aromatic heterocycles. The predicted molar refractivity (Wildman–Crippen MR) is 156 cm³/mol. The predicted octanol–water partition coefficient (Wildman–Crippen LogP) is 7.91. The van der Waals surface area contributed by atoms with Crippen molar-refractivity contribution in [3.8, 4) is 5.75 Å². The Morgan fingerprint density at radius 3 is 2.45 bits per heavy atom. The van der Waals surface area contributed by atoms with Gasteiger partial charge >= 0.3 is 11.7 Å². The molecule has 0 amide bonds. The molecular formula is C29H36N2O5SSi. The first-order chi connectivity index (χ1) is 17.6. The third kappa shape index (κ3) is 5.83. The Morgan fingerprint density at radius 2 is 1.79 bits per heavy atom. The van der Waals surface area contributed by atoms with Crippen LogP contribution in [0.25, 0.3) is 21.9 Å². The summed E-state index contributed by atoms with van der Waals surface area (Å²) in [7, 11) is -2.17. The topological polar surface area (TPSA) is 83.6 Å². The first kappa shape index (κ1) is 28.0. The van der Waals surface area contributed by atoms with Crippen LogP contribution < -0.4 is 10.1 Å². The number of nitrogens with zero attached hydrogens (tertiary/aromatic N) is 2. The summed E-state index contributed by atoms with van der Waals surface area (Å²) in [6.07, 6.45) is -0.536. The molecule has 0 saturated carbocycles. The monoisotopic (exact) mass is 552 g/mol. The molecule has 0 atom stereocenters. The van der Waals surface area contributed by atoms with Crippen molar-refractivity contribution in [1.29, 1.82) is 0 Å². The molecule has 0 fully saturated rings. The fourth-order valence-corrected chi connectivity index (χ4v) is 5.70. The molecule has 0 radical (unpaired) electrons. The first-order valence-corrected chi connectivity index (χ1v) is 16.6. The van der Waals surface area contributed by atoms with Crippen molar-refractivity contribution in [3.63, 3.8) is 0 Å². The SMILES string of the molecule is Cc1cc(=O)oc2cc(SCc3nn(C(=O)OC(C)(C)C)c4cccc(O[Si](C)(C)C(C)(C)C)c34)ccc12. The number of rotatable bonds is 5. The number of hydrogen-bond donors (Lipinski definition) is 0. The molecule has 0 bridgehead atoms. The summed E-state index contributed by atoms with van der Waals surface area (Å²) in [4.78, 5) is 25.9. The van der Waals surface area contributed by atoms with Crippen molar-refractivity contribution >= 4 is 48.0 Å². The molecule has 0 aliphatic carbocycles. The summed E-state index contributed by atoms with van der Waals surface area (Å²) in [5.41, 5.74) is 1.76. The minimum absolute atomic E-state index is 0.00161. The lowest BCUT2D eigenvalue weighted by molar-refractivity contribution is 0.0522. The molecule has 2 heterocycles. The second-order valence-corrected chi connectivity index (χ2v) is 17.8. The summed E-state index contributed by atoms with van der Waals surface area (Å²) in [6.45, 7) is 18.4. The number of carbonyl (C=O) groups excluding carboxylic acids is 1. The molecule has 38 heavy (non-hydrogen) atoms. The van der Waals surface area contributed by atoms with E-state index in [0.717, 1.165) is 32.7 Å². The van der Waals surface area contributed by atoms with Crippen LogP contribution in [0.4, 0.5) is 4.79 Å². The zero-order valence-electron chi connectivity index (χ0n) is 23.6. The smallest absolute Gasteiger partial charge is 0.435 e. The highest BCUT2D eigenvalue weighted by atomic mass is 32.2. The Bertz CT molecular complexity index is 1570. The van der Waals surface area contributed by atoms with Gasteiger partial charge in [0.2, 0.25) is 0 Å². The van der Waals surface area contributed by atoms with Crippen LogP contribution in [0.1, 0.15) is 52.8 Å². The van der Waals surface area contributed by atoms with Crippen molar-refractivity contribution in [2.24, 2.45) is 0 Å². The fourth-order valence-electron chi connectivity index (χ4n) is 3.82. The number of hydrogen-bond acceptors (Lipinski definition) is 7. The van der Waals surface area contributed by atoms with Gasteiger partial charge in [-0.1, -0.05) is 26.8 Å². The van der Waals surface area contributed by atoms with Crippen LogP contribution in [0.3, 0.4) is 0 Å². The van der Waals surface area contributed by atoms with Gasteiger partial charge < -0.3 is 13.6 Å². The number of aromatic nitrogens is 2. The molecule has 4 aromatic rings. The molecule has 0 spiro atoms. The third-order valence-corrected chi connectivity index (χ3v) is 12.1. The largest absolute Gasteiger partial charge is 0.543 e. The fraction of sp³-hybridized carbons (Fsp3) is 0.414. The van der Waals surface area contributed by atoms with E-state index in [0.29, 0.717) is 16.9 Å². The molecular weight excluding hydrogens is 516 g/mol. The van der Waals surface area contributed by atoms with Crippen molar-refractivity contribution in [2.45, 2.75) is 82.8 Å². The maximum absolute atomic E-state index is 13.1. The molecule has 0 N–H and O–H groups in total. The zero-order chi connectivity index (χ0) is 28.0. The summed E-state index contributed by atoms with van der Waals surface area (Å²) < 4.78 is 19.1. The van der Waals surface area contributed by atoms with Crippen LogP contribution in [0.2, 0.25) is 18.1 Å². The van der Waals surface area contributed by atoms with E-state index in [-0.39, 0.29) is 10.7 Å². The molecule has 0 saturated heterocycles. The van der Waals surface area contributed by atoms with E-state index in [1.165, 1.54) is 10.7 Å². The van der Waals surface area contributed by atoms with Gasteiger partial charge in [-0.2, -0.15) is 9.78 Å². The molecule has 0 aliphatic heterocycles. The molecule has 0 aliphatic rings. The van der Waals surface area contributed by atoms with Gasteiger partial charge in [0, 0.05) is 22.1 Å². The molecule has 0 unspecified atom stereocenters. The van der Waals surface area contributed by atoms with Crippen LogP contribution in [-0.4, -0.2) is 29.8 Å². The number of carbonyl (C=O) groups is 1. The average Bonchev–Trinajstić information content (AvgIpc) is 3.15. The lowest BCUT2D eigenvalue weighted by atomic mass is 10.1. The quantitative estimate of drug-likeness (QED) is 0.141. The Labute approximate surface area is 228 Å². The Kier molecular flexibility index (Phi) is 7.31. The maximum atomic E-state index is 13.1. The van der Waals surface area contributed by atoms with Gasteiger partial charge in [-0.15, -0.1) is 11.8 Å². The Morgan fingerprint density at radius 1 is 1.08 bits per heavy atom. The van der Waals surface area contributed by atoms with E-state index < -0.39 is 20.0 Å². The molecule has 7 nitrogen and oxygen atoms in total. The number of benzene rings is 2. The maximum Gasteiger partial charge on any atom is 0.435 e. The van der Waals surface area contributed by atoms with Crippen LogP contribution in [0.5, 0.6) is 5.75 Å².